The average molecular weight is 581 g/mol. The molecule has 4 heterocycles. The number of nitrogens with zero attached hydrogens (tertiary/aromatic N) is 2. The van der Waals surface area contributed by atoms with E-state index in [-0.39, 0.29) is 42.8 Å². The Hall–Kier alpha value is -4.07. The maximum absolute atomic E-state index is 13.8. The summed E-state index contributed by atoms with van der Waals surface area (Å²) in [5.41, 5.74) is 7.84. The number of allylic oxidation sites excluding steroid dienone is 2. The van der Waals surface area contributed by atoms with E-state index in [1.54, 1.807) is 4.57 Å². The van der Waals surface area contributed by atoms with E-state index in [0.717, 1.165) is 41.4 Å². The van der Waals surface area contributed by atoms with Gasteiger partial charge in [0, 0.05) is 16.5 Å². The molecular weight excluding hydrogens is 539 g/mol. The minimum Gasteiger partial charge on any atom is -0.489 e. The second-order valence-electron chi connectivity index (χ2n) is 12.3. The number of aromatic nitrogens is 2. The Morgan fingerprint density at radius 2 is 1.95 bits per heavy atom. The third kappa shape index (κ3) is 6.34. The van der Waals surface area contributed by atoms with Gasteiger partial charge in [-0.2, -0.15) is 0 Å². The molecule has 224 valence electrons. The first kappa shape index (κ1) is 31.9. The summed E-state index contributed by atoms with van der Waals surface area (Å²) in [6.07, 6.45) is 1.18. The SMILES string of the molecule is C.[B]CCC(=C)OC(=O)OC1C(=C)OCc2c1cc1n(c2=O)Cc2c-1nc1ccc(CC(=C)CC(C)(C)C)cc1c2CC. The van der Waals surface area contributed by atoms with Crippen molar-refractivity contribution >= 4 is 24.9 Å². The number of carbonyl (C=O) groups excluding carboxylic acids is 1. The van der Waals surface area contributed by atoms with Gasteiger partial charge in [-0.25, -0.2) is 9.78 Å². The summed E-state index contributed by atoms with van der Waals surface area (Å²) < 4.78 is 18.1. The van der Waals surface area contributed by atoms with Gasteiger partial charge in [-0.05, 0) is 60.4 Å². The van der Waals surface area contributed by atoms with Gasteiger partial charge in [-0.1, -0.05) is 72.8 Å². The molecule has 2 aromatic heterocycles. The van der Waals surface area contributed by atoms with Crippen LogP contribution in [0.25, 0.3) is 22.3 Å². The summed E-state index contributed by atoms with van der Waals surface area (Å²) in [5, 5.41) is 1.10. The smallest absolute Gasteiger partial charge is 0.489 e. The fraction of sp³-hybridized carbons (Fsp3) is 0.400. The van der Waals surface area contributed by atoms with Gasteiger partial charge in [-0.3, -0.25) is 4.79 Å². The van der Waals surface area contributed by atoms with Gasteiger partial charge in [0.15, 0.2) is 6.10 Å². The van der Waals surface area contributed by atoms with E-state index in [2.05, 4.69) is 65.6 Å². The monoisotopic (exact) mass is 580 g/mol. The lowest BCUT2D eigenvalue weighted by atomic mass is 9.86. The van der Waals surface area contributed by atoms with E-state index in [9.17, 15) is 9.59 Å². The van der Waals surface area contributed by atoms with Crippen molar-refractivity contribution < 1.29 is 19.0 Å². The summed E-state index contributed by atoms with van der Waals surface area (Å²) in [5.74, 6) is 0.408. The highest BCUT2D eigenvalue weighted by Crippen LogP contribution is 2.40. The van der Waals surface area contributed by atoms with Gasteiger partial charge in [-0.15, -0.1) is 0 Å². The van der Waals surface area contributed by atoms with Gasteiger partial charge >= 0.3 is 6.16 Å². The average Bonchev–Trinajstić information content (AvgIpc) is 3.26. The van der Waals surface area contributed by atoms with Crippen molar-refractivity contribution in [1.82, 2.24) is 9.55 Å². The molecule has 7 nitrogen and oxygen atoms in total. The summed E-state index contributed by atoms with van der Waals surface area (Å²) in [4.78, 5) is 31.3. The van der Waals surface area contributed by atoms with Gasteiger partial charge in [0.1, 0.15) is 18.1 Å². The molecule has 8 heteroatoms. The van der Waals surface area contributed by atoms with Crippen LogP contribution in [-0.2, 0) is 40.2 Å². The van der Waals surface area contributed by atoms with Crippen LogP contribution in [0.2, 0.25) is 6.32 Å². The van der Waals surface area contributed by atoms with Crippen LogP contribution in [0, 0.1) is 5.41 Å². The van der Waals surface area contributed by atoms with Gasteiger partial charge < -0.3 is 18.8 Å². The van der Waals surface area contributed by atoms with Crippen molar-refractivity contribution in [3.05, 3.63) is 99.3 Å². The molecule has 2 aliphatic heterocycles. The van der Waals surface area contributed by atoms with Crippen LogP contribution < -0.4 is 5.56 Å². The van der Waals surface area contributed by atoms with Crippen molar-refractivity contribution in [2.45, 2.75) is 86.4 Å². The van der Waals surface area contributed by atoms with Crippen molar-refractivity contribution in [1.29, 1.82) is 0 Å². The maximum atomic E-state index is 13.8. The maximum Gasteiger partial charge on any atom is 0.514 e. The standard InChI is InChI=1S/C34H37BN2O5.CH4/c1-8-23-24-14-22(13-19(2)16-34(5,6)7)9-10-28(24)36-30-26(23)17-37-29(30)15-25-27(32(37)38)18-40-21(4)31(25)42-33(39)41-20(3)11-12-35;/h9-10,14-15,31H,2-4,8,11-13,16-18H2,1,5-7H3;1H4. The molecule has 2 radical (unpaired) electrons. The minimum atomic E-state index is -1.01. The lowest BCUT2D eigenvalue weighted by Gasteiger charge is -2.28. The normalized spacial score (nSPS) is 15.1. The molecule has 0 bridgehead atoms. The first-order valence-corrected chi connectivity index (χ1v) is 14.4. The van der Waals surface area contributed by atoms with E-state index < -0.39 is 12.3 Å². The van der Waals surface area contributed by atoms with Crippen LogP contribution in [0.4, 0.5) is 4.79 Å². The van der Waals surface area contributed by atoms with E-state index >= 15 is 0 Å². The molecule has 0 spiro atoms. The molecule has 0 saturated carbocycles. The third-order valence-corrected chi connectivity index (χ3v) is 7.69. The first-order valence-electron chi connectivity index (χ1n) is 14.4. The molecule has 3 aromatic rings. The van der Waals surface area contributed by atoms with Crippen LogP contribution in [-0.4, -0.2) is 23.6 Å². The lowest BCUT2D eigenvalue weighted by molar-refractivity contribution is 0.0138. The number of hydrogen-bond donors (Lipinski definition) is 0. The number of pyridine rings is 2. The molecule has 5 rings (SSSR count). The highest BCUT2D eigenvalue weighted by atomic mass is 16.7. The number of carbonyl (C=O) groups is 1. The summed E-state index contributed by atoms with van der Waals surface area (Å²) in [7, 11) is 5.51. The lowest BCUT2D eigenvalue weighted by Crippen LogP contribution is -2.31. The minimum absolute atomic E-state index is 0. The Morgan fingerprint density at radius 3 is 2.63 bits per heavy atom. The number of rotatable bonds is 8. The Kier molecular flexibility index (Phi) is 9.09. The molecule has 1 unspecified atom stereocenters. The van der Waals surface area contributed by atoms with Crippen molar-refractivity contribution in [2.75, 3.05) is 0 Å². The number of aryl methyl sites for hydroxylation is 1. The Balaban J connectivity index is 0.00000423. The Morgan fingerprint density at radius 1 is 1.21 bits per heavy atom. The van der Waals surface area contributed by atoms with E-state index in [1.165, 1.54) is 16.7 Å². The molecule has 2 aliphatic rings. The summed E-state index contributed by atoms with van der Waals surface area (Å²) in [6, 6.07) is 8.25. The molecule has 0 fully saturated rings. The van der Waals surface area contributed by atoms with Gasteiger partial charge in [0.25, 0.3) is 5.56 Å². The van der Waals surface area contributed by atoms with Crippen LogP contribution >= 0.6 is 0 Å². The molecule has 1 aromatic carbocycles. The summed E-state index contributed by atoms with van der Waals surface area (Å²) in [6.45, 7) is 21.2. The predicted octanol–water partition coefficient (Wildman–Crippen LogP) is 7.89. The fourth-order valence-electron chi connectivity index (χ4n) is 6.00. The molecule has 0 N–H and O–H groups in total. The van der Waals surface area contributed by atoms with Gasteiger partial charge in [0.05, 0.1) is 36.9 Å². The first-order chi connectivity index (χ1) is 19.9. The van der Waals surface area contributed by atoms with Crippen LogP contribution in [0.15, 0.2) is 65.9 Å². The zero-order chi connectivity index (χ0) is 30.3. The second kappa shape index (κ2) is 12.3. The second-order valence-corrected chi connectivity index (χ2v) is 12.3. The Labute approximate surface area is 255 Å². The van der Waals surface area contributed by atoms with E-state index in [0.29, 0.717) is 29.8 Å². The molecule has 0 saturated heterocycles. The number of hydrogen-bond acceptors (Lipinski definition) is 6. The highest BCUT2D eigenvalue weighted by Gasteiger charge is 2.35. The predicted molar refractivity (Wildman–Crippen MR) is 172 cm³/mol. The van der Waals surface area contributed by atoms with Crippen molar-refractivity contribution in [3.63, 3.8) is 0 Å². The largest absolute Gasteiger partial charge is 0.514 e. The molecule has 43 heavy (non-hydrogen) atoms. The molecule has 0 aliphatic carbocycles. The summed E-state index contributed by atoms with van der Waals surface area (Å²) >= 11 is 0. The van der Waals surface area contributed by atoms with Crippen molar-refractivity contribution in [2.24, 2.45) is 5.41 Å². The van der Waals surface area contributed by atoms with Gasteiger partial charge in [0.2, 0.25) is 0 Å². The van der Waals surface area contributed by atoms with Crippen LogP contribution in [0.1, 0.15) is 81.9 Å². The topological polar surface area (TPSA) is 79.7 Å². The third-order valence-electron chi connectivity index (χ3n) is 7.69. The molecule has 1 atom stereocenters. The number of fused-ring (bicyclic) bond motifs is 5. The van der Waals surface area contributed by atoms with E-state index in [1.807, 2.05) is 6.07 Å². The zero-order valence-electron chi connectivity index (χ0n) is 25.0. The number of ether oxygens (including phenoxy) is 3. The molecular formula is C35H41BN2O5. The van der Waals surface area contributed by atoms with E-state index in [4.69, 9.17) is 27.0 Å². The molecule has 0 amide bonds. The van der Waals surface area contributed by atoms with Crippen LogP contribution in [0.3, 0.4) is 0 Å². The van der Waals surface area contributed by atoms with Crippen molar-refractivity contribution in [3.8, 4) is 11.4 Å². The fourth-order valence-corrected chi connectivity index (χ4v) is 6.00. The zero-order valence-corrected chi connectivity index (χ0v) is 25.0. The number of benzene rings is 1. The Bertz CT molecular complexity index is 1700. The quantitative estimate of drug-likeness (QED) is 0.0913. The van der Waals surface area contributed by atoms with Crippen LogP contribution in [0.5, 0.6) is 0 Å². The highest BCUT2D eigenvalue weighted by molar-refractivity contribution is 6.08.